The third-order valence-electron chi connectivity index (χ3n) is 6.30. The van der Waals surface area contributed by atoms with Gasteiger partial charge in [-0.2, -0.15) is 0 Å². The maximum atomic E-state index is 6.04. The van der Waals surface area contributed by atoms with Gasteiger partial charge < -0.3 is 9.32 Å². The quantitative estimate of drug-likeness (QED) is 0.281. The molecule has 0 radical (unpaired) electrons. The second-order valence-corrected chi connectivity index (χ2v) is 8.27. The molecule has 0 N–H and O–H groups in total. The highest BCUT2D eigenvalue weighted by Gasteiger charge is 2.15. The van der Waals surface area contributed by atoms with Gasteiger partial charge in [-0.3, -0.25) is 0 Å². The van der Waals surface area contributed by atoms with E-state index in [-0.39, 0.29) is 0 Å². The largest absolute Gasteiger partial charge is 0.456 e. The van der Waals surface area contributed by atoms with E-state index in [1.165, 1.54) is 27.9 Å². The van der Waals surface area contributed by atoms with E-state index >= 15 is 0 Å². The Morgan fingerprint density at radius 3 is 1.82 bits per heavy atom. The van der Waals surface area contributed by atoms with E-state index in [9.17, 15) is 0 Å². The molecule has 1 heterocycles. The van der Waals surface area contributed by atoms with Crippen molar-refractivity contribution in [2.75, 3.05) is 11.9 Å². The molecule has 0 atom stereocenters. The Labute approximate surface area is 193 Å². The molecule has 1 aromatic heterocycles. The first-order valence-corrected chi connectivity index (χ1v) is 11.2. The van der Waals surface area contributed by atoms with Crippen LogP contribution in [0.4, 0.5) is 11.4 Å². The Bertz CT molecular complexity index is 1580. The average Bonchev–Trinajstić information content (AvgIpc) is 3.27. The van der Waals surface area contributed by atoms with Gasteiger partial charge in [0, 0.05) is 40.3 Å². The zero-order chi connectivity index (χ0) is 22.2. The molecule has 0 aliphatic rings. The van der Waals surface area contributed by atoms with E-state index in [1.807, 2.05) is 12.1 Å². The number of benzene rings is 5. The topological polar surface area (TPSA) is 16.4 Å². The maximum absolute atomic E-state index is 6.04. The molecular weight excluding hydrogens is 402 g/mol. The van der Waals surface area contributed by atoms with Crippen molar-refractivity contribution in [2.45, 2.75) is 0 Å². The van der Waals surface area contributed by atoms with Gasteiger partial charge in [0.1, 0.15) is 11.2 Å². The van der Waals surface area contributed by atoms with Gasteiger partial charge in [0.25, 0.3) is 0 Å². The second-order valence-electron chi connectivity index (χ2n) is 8.27. The lowest BCUT2D eigenvalue weighted by Gasteiger charge is -2.25. The van der Waals surface area contributed by atoms with Crippen LogP contribution in [0.25, 0.3) is 44.2 Å². The zero-order valence-corrected chi connectivity index (χ0v) is 18.4. The van der Waals surface area contributed by atoms with Crippen molar-refractivity contribution < 1.29 is 4.42 Å². The first-order chi connectivity index (χ1) is 16.3. The summed E-state index contributed by atoms with van der Waals surface area (Å²) in [4.78, 5) is 2.29. The summed E-state index contributed by atoms with van der Waals surface area (Å²) in [5, 5.41) is 2.29. The molecule has 33 heavy (non-hydrogen) atoms. The van der Waals surface area contributed by atoms with Crippen molar-refractivity contribution >= 4 is 33.3 Å². The molecule has 0 bridgehead atoms. The summed E-state index contributed by atoms with van der Waals surface area (Å²) in [6, 6.07) is 42.4. The van der Waals surface area contributed by atoms with Crippen molar-refractivity contribution in [3.63, 3.8) is 0 Å². The molecule has 0 fully saturated rings. The minimum absolute atomic E-state index is 0.917. The summed E-state index contributed by atoms with van der Waals surface area (Å²) in [7, 11) is 2.15. The highest BCUT2D eigenvalue weighted by atomic mass is 16.3. The van der Waals surface area contributed by atoms with E-state index in [2.05, 4.69) is 121 Å². The molecular formula is C31H23NO. The number of anilines is 2. The third kappa shape index (κ3) is 3.37. The number of para-hydroxylation sites is 3. The molecule has 0 saturated carbocycles. The zero-order valence-electron chi connectivity index (χ0n) is 18.4. The van der Waals surface area contributed by atoms with E-state index in [1.54, 1.807) is 0 Å². The summed E-state index contributed by atoms with van der Waals surface area (Å²) in [5.41, 5.74) is 8.96. The fourth-order valence-corrected chi connectivity index (χ4v) is 4.66. The summed E-state index contributed by atoms with van der Waals surface area (Å²) in [6.45, 7) is 0. The van der Waals surface area contributed by atoms with Crippen LogP contribution in [-0.2, 0) is 0 Å². The molecule has 6 aromatic rings. The van der Waals surface area contributed by atoms with Gasteiger partial charge in [0.15, 0.2) is 0 Å². The van der Waals surface area contributed by atoms with Crippen LogP contribution in [0.5, 0.6) is 0 Å². The van der Waals surface area contributed by atoms with Crippen molar-refractivity contribution in [3.8, 4) is 22.3 Å². The van der Waals surface area contributed by atoms with Crippen LogP contribution < -0.4 is 4.90 Å². The number of hydrogen-bond acceptors (Lipinski definition) is 2. The number of nitrogens with zero attached hydrogens (tertiary/aromatic N) is 1. The first-order valence-electron chi connectivity index (χ1n) is 11.2. The van der Waals surface area contributed by atoms with Gasteiger partial charge in [-0.05, 0) is 41.5 Å². The van der Waals surface area contributed by atoms with E-state index in [0.717, 1.165) is 27.6 Å². The molecule has 6 rings (SSSR count). The lowest BCUT2D eigenvalue weighted by atomic mass is 9.99. The van der Waals surface area contributed by atoms with Gasteiger partial charge in [0.2, 0.25) is 0 Å². The lowest BCUT2D eigenvalue weighted by molar-refractivity contribution is 0.669. The van der Waals surface area contributed by atoms with E-state index in [0.29, 0.717) is 0 Å². The molecule has 158 valence electrons. The summed E-state index contributed by atoms with van der Waals surface area (Å²) < 4.78 is 6.04. The van der Waals surface area contributed by atoms with Gasteiger partial charge in [0.05, 0.1) is 0 Å². The Balaban J connectivity index is 1.49. The predicted molar refractivity (Wildman–Crippen MR) is 139 cm³/mol. The van der Waals surface area contributed by atoms with Gasteiger partial charge in [-0.15, -0.1) is 0 Å². The van der Waals surface area contributed by atoms with Crippen molar-refractivity contribution in [1.29, 1.82) is 0 Å². The normalized spacial score (nSPS) is 11.2. The fourth-order valence-electron chi connectivity index (χ4n) is 4.66. The van der Waals surface area contributed by atoms with Gasteiger partial charge in [-0.25, -0.2) is 0 Å². The molecule has 0 saturated heterocycles. The van der Waals surface area contributed by atoms with E-state index in [4.69, 9.17) is 4.42 Å². The molecule has 2 nitrogen and oxygen atoms in total. The first kappa shape index (κ1) is 19.4. The summed E-state index contributed by atoms with van der Waals surface area (Å²) >= 11 is 0. The minimum atomic E-state index is 0.917. The van der Waals surface area contributed by atoms with Gasteiger partial charge >= 0.3 is 0 Å². The molecule has 0 unspecified atom stereocenters. The fraction of sp³-hybridized carbons (Fsp3) is 0.0323. The molecule has 0 aliphatic carbocycles. The van der Waals surface area contributed by atoms with Crippen LogP contribution in [0.3, 0.4) is 0 Å². The van der Waals surface area contributed by atoms with Crippen molar-refractivity contribution in [3.05, 3.63) is 121 Å². The van der Waals surface area contributed by atoms with Crippen LogP contribution in [0.1, 0.15) is 0 Å². The lowest BCUT2D eigenvalue weighted by Crippen LogP contribution is -2.11. The number of fused-ring (bicyclic) bond motifs is 3. The molecule has 0 aliphatic heterocycles. The number of furan rings is 1. The van der Waals surface area contributed by atoms with Crippen LogP contribution >= 0.6 is 0 Å². The Morgan fingerprint density at radius 1 is 0.485 bits per heavy atom. The minimum Gasteiger partial charge on any atom is -0.456 e. The monoisotopic (exact) mass is 425 g/mol. The molecule has 0 spiro atoms. The van der Waals surface area contributed by atoms with Crippen LogP contribution in [0.15, 0.2) is 126 Å². The number of hydrogen-bond donors (Lipinski definition) is 0. The van der Waals surface area contributed by atoms with Crippen LogP contribution in [0, 0.1) is 0 Å². The second kappa shape index (κ2) is 7.99. The van der Waals surface area contributed by atoms with Crippen molar-refractivity contribution in [1.82, 2.24) is 0 Å². The SMILES string of the molecule is CN(c1ccccc1-c1ccccc1)c1ccccc1-c1ccc2oc3ccccc3c2c1. The molecule has 5 aromatic carbocycles. The Morgan fingerprint density at radius 2 is 1.06 bits per heavy atom. The molecule has 0 amide bonds. The smallest absolute Gasteiger partial charge is 0.135 e. The highest BCUT2D eigenvalue weighted by molar-refractivity contribution is 6.06. The van der Waals surface area contributed by atoms with Gasteiger partial charge in [-0.1, -0.05) is 91.0 Å². The Kier molecular flexibility index (Phi) is 4.70. The summed E-state index contributed by atoms with van der Waals surface area (Å²) in [5.74, 6) is 0. The summed E-state index contributed by atoms with van der Waals surface area (Å²) in [6.07, 6.45) is 0. The number of rotatable bonds is 4. The van der Waals surface area contributed by atoms with Crippen LogP contribution in [0.2, 0.25) is 0 Å². The van der Waals surface area contributed by atoms with E-state index < -0.39 is 0 Å². The van der Waals surface area contributed by atoms with Crippen molar-refractivity contribution in [2.24, 2.45) is 0 Å². The molecule has 2 heteroatoms. The highest BCUT2D eigenvalue weighted by Crippen LogP contribution is 2.40. The standard InChI is InChI=1S/C31H23NO/c1-32(28-16-8-5-13-24(28)22-11-3-2-4-12-22)29-17-9-6-14-25(29)23-19-20-31-27(21-23)26-15-7-10-18-30(26)33-31/h2-21H,1H3. The predicted octanol–water partition coefficient (Wildman–Crippen LogP) is 8.69. The van der Waals surface area contributed by atoms with Crippen LogP contribution in [-0.4, -0.2) is 7.05 Å². The maximum Gasteiger partial charge on any atom is 0.135 e. The average molecular weight is 426 g/mol. The Hall–Kier alpha value is -4.30. The third-order valence-corrected chi connectivity index (χ3v) is 6.30.